The van der Waals surface area contributed by atoms with Gasteiger partial charge in [0.2, 0.25) is 5.96 Å². The van der Waals surface area contributed by atoms with Crippen LogP contribution < -0.4 is 26.1 Å². The molecule has 0 aliphatic carbocycles. The molecule has 41 heavy (non-hydrogen) atoms. The van der Waals surface area contributed by atoms with E-state index in [1.807, 2.05) is 0 Å². The minimum Gasteiger partial charge on any atom is -0.406 e. The Bertz CT molecular complexity index is 1440. The summed E-state index contributed by atoms with van der Waals surface area (Å²) >= 11 is 0. The molecule has 0 atom stereocenters. The van der Waals surface area contributed by atoms with Gasteiger partial charge in [0, 0.05) is 16.9 Å². The van der Waals surface area contributed by atoms with E-state index in [1.54, 1.807) is 0 Å². The molecular weight excluding hydrogens is 560 g/mol. The van der Waals surface area contributed by atoms with Crippen molar-refractivity contribution in [1.82, 2.24) is 5.32 Å². The number of anilines is 2. The molecule has 3 aromatic rings. The first kappa shape index (κ1) is 30.4. The highest BCUT2D eigenvalue weighted by molar-refractivity contribution is 6.05. The van der Waals surface area contributed by atoms with Gasteiger partial charge in [-0.1, -0.05) is 28.5 Å². The first-order valence-electron chi connectivity index (χ1n) is 11.4. The molecule has 0 bridgehead atoms. The molecule has 3 amide bonds. The number of urea groups is 1. The van der Waals surface area contributed by atoms with Gasteiger partial charge in [0.15, 0.2) is 0 Å². The maximum absolute atomic E-state index is 13.4. The van der Waals surface area contributed by atoms with Crippen molar-refractivity contribution >= 4 is 29.3 Å². The average molecular weight is 581 g/mol. The summed E-state index contributed by atoms with van der Waals surface area (Å²) in [6.07, 6.45) is -9.61. The second-order valence-electron chi connectivity index (χ2n) is 8.30. The molecule has 3 aromatic carbocycles. The molecule has 0 spiro atoms. The van der Waals surface area contributed by atoms with Gasteiger partial charge in [0.1, 0.15) is 5.75 Å². The Morgan fingerprint density at radius 3 is 2.17 bits per heavy atom. The highest BCUT2D eigenvalue weighted by atomic mass is 19.4. The Morgan fingerprint density at radius 1 is 0.976 bits per heavy atom. The van der Waals surface area contributed by atoms with Crippen LogP contribution in [0.25, 0.3) is 0 Å². The largest absolute Gasteiger partial charge is 0.573 e. The zero-order valence-electron chi connectivity index (χ0n) is 21.0. The van der Waals surface area contributed by atoms with E-state index in [1.165, 1.54) is 43.3 Å². The van der Waals surface area contributed by atoms with E-state index in [4.69, 9.17) is 11.3 Å². The van der Waals surface area contributed by atoms with E-state index in [0.717, 1.165) is 35.2 Å². The fourth-order valence-corrected chi connectivity index (χ4v) is 3.51. The Morgan fingerprint density at radius 2 is 1.61 bits per heavy atom. The number of halogens is 6. The van der Waals surface area contributed by atoms with Crippen LogP contribution in [0, 0.1) is 12.3 Å². The standard InChI is InChI=1S/C25H21F6N7O3/c1-14-2-7-17(12-20(14)24(26,27)28)34-23(40)38(18-8-10-19(11-9-18)41-25(29,30)31)13-15-3-5-16(6-4-15)21(39)35-22(32)36-37-33/h2-12H,13H2,1H3,(H,34,40)(H4,32,33,35,36,39). The predicted octanol–water partition coefficient (Wildman–Crippen LogP) is 6.14. The maximum atomic E-state index is 13.4. The van der Waals surface area contributed by atoms with Gasteiger partial charge in [-0.05, 0) is 66.6 Å². The monoisotopic (exact) mass is 581 g/mol. The number of benzene rings is 3. The van der Waals surface area contributed by atoms with Crippen molar-refractivity contribution in [3.63, 3.8) is 0 Å². The first-order chi connectivity index (χ1) is 19.2. The predicted molar refractivity (Wildman–Crippen MR) is 135 cm³/mol. The van der Waals surface area contributed by atoms with Gasteiger partial charge in [-0.15, -0.1) is 13.2 Å². The number of amides is 3. The third-order valence-corrected chi connectivity index (χ3v) is 5.37. The van der Waals surface area contributed by atoms with E-state index in [0.29, 0.717) is 5.56 Å². The Kier molecular flexibility index (Phi) is 9.16. The lowest BCUT2D eigenvalue weighted by molar-refractivity contribution is -0.274. The Hall–Kier alpha value is -5.15. The van der Waals surface area contributed by atoms with Gasteiger partial charge in [0.05, 0.1) is 12.1 Å². The second kappa shape index (κ2) is 12.4. The van der Waals surface area contributed by atoms with Crippen LogP contribution in [-0.4, -0.2) is 24.3 Å². The fraction of sp³-hybridized carbons (Fsp3) is 0.160. The molecule has 0 radical (unpaired) electrons. The number of rotatable bonds is 6. The lowest BCUT2D eigenvalue weighted by Gasteiger charge is -2.24. The van der Waals surface area contributed by atoms with E-state index >= 15 is 0 Å². The summed E-state index contributed by atoms with van der Waals surface area (Å²) in [5.41, 5.74) is -0.552. The van der Waals surface area contributed by atoms with Crippen molar-refractivity contribution in [2.75, 3.05) is 10.2 Å². The summed E-state index contributed by atoms with van der Waals surface area (Å²) in [4.78, 5) is 26.5. The lowest BCUT2D eigenvalue weighted by Crippen LogP contribution is -2.34. The summed E-state index contributed by atoms with van der Waals surface area (Å²) in [5, 5.41) is 17.9. The van der Waals surface area contributed by atoms with Gasteiger partial charge >= 0.3 is 18.6 Å². The number of guanidine groups is 1. The Balaban J connectivity index is 1.89. The number of hydrogen-bond donors (Lipinski definition) is 4. The number of nitrogens with zero attached hydrogens (tertiary/aromatic N) is 3. The molecule has 0 aliphatic rings. The molecular formula is C25H21F6N7O3. The first-order valence-corrected chi connectivity index (χ1v) is 11.4. The third kappa shape index (κ3) is 8.67. The van der Waals surface area contributed by atoms with Crippen LogP contribution in [0.3, 0.4) is 0 Å². The van der Waals surface area contributed by atoms with E-state index < -0.39 is 41.7 Å². The molecule has 0 aromatic heterocycles. The maximum Gasteiger partial charge on any atom is 0.573 e. The number of hydrogen-bond acceptors (Lipinski definition) is 5. The summed E-state index contributed by atoms with van der Waals surface area (Å²) in [6, 6.07) is 12.2. The molecule has 10 nitrogen and oxygen atoms in total. The number of nitrogens with one attached hydrogen (secondary N) is 3. The van der Waals surface area contributed by atoms with Crippen LogP contribution in [0.15, 0.2) is 77.1 Å². The number of aryl methyl sites for hydroxylation is 1. The summed E-state index contributed by atoms with van der Waals surface area (Å²) in [6.45, 7) is 1.06. The summed E-state index contributed by atoms with van der Waals surface area (Å²) < 4.78 is 81.6. The second-order valence-corrected chi connectivity index (χ2v) is 8.30. The average Bonchev–Trinajstić information content (AvgIpc) is 2.88. The van der Waals surface area contributed by atoms with E-state index in [-0.39, 0.29) is 29.0 Å². The van der Waals surface area contributed by atoms with Crippen molar-refractivity contribution < 1.29 is 40.7 Å². The van der Waals surface area contributed by atoms with Crippen molar-refractivity contribution in [3.05, 3.63) is 89.0 Å². The molecule has 0 heterocycles. The van der Waals surface area contributed by atoms with Crippen LogP contribution in [0.5, 0.6) is 5.75 Å². The number of alkyl halides is 6. The quantitative estimate of drug-likeness (QED) is 0.0692. The molecule has 3 rings (SSSR count). The normalized spacial score (nSPS) is 11.7. The minimum atomic E-state index is -4.94. The van der Waals surface area contributed by atoms with Crippen LogP contribution in [0.4, 0.5) is 42.5 Å². The summed E-state index contributed by atoms with van der Waals surface area (Å²) in [7, 11) is 0. The Labute approximate surface area is 228 Å². The van der Waals surface area contributed by atoms with Crippen LogP contribution in [-0.2, 0) is 12.7 Å². The van der Waals surface area contributed by atoms with Crippen molar-refractivity contribution in [3.8, 4) is 5.75 Å². The molecule has 0 aliphatic heterocycles. The van der Waals surface area contributed by atoms with Crippen LogP contribution >= 0.6 is 0 Å². The van der Waals surface area contributed by atoms with E-state index in [9.17, 15) is 35.9 Å². The zero-order chi connectivity index (χ0) is 30.4. The van der Waals surface area contributed by atoms with Crippen LogP contribution in [0.2, 0.25) is 0 Å². The topological polar surface area (TPSA) is 145 Å². The smallest absolute Gasteiger partial charge is 0.406 e. The lowest BCUT2D eigenvalue weighted by atomic mass is 10.1. The minimum absolute atomic E-state index is 0.0574. The fourth-order valence-electron chi connectivity index (χ4n) is 3.51. The molecule has 216 valence electrons. The molecule has 0 saturated carbocycles. The zero-order valence-corrected chi connectivity index (χ0v) is 21.0. The molecule has 0 unspecified atom stereocenters. The third-order valence-electron chi connectivity index (χ3n) is 5.37. The van der Waals surface area contributed by atoms with Gasteiger partial charge in [-0.3, -0.25) is 20.4 Å². The van der Waals surface area contributed by atoms with Crippen molar-refractivity contribution in [2.45, 2.75) is 26.0 Å². The van der Waals surface area contributed by atoms with Gasteiger partial charge in [0.25, 0.3) is 5.91 Å². The molecule has 0 saturated heterocycles. The number of nitrogens with two attached hydrogens (primary N) is 1. The van der Waals surface area contributed by atoms with Gasteiger partial charge < -0.3 is 15.9 Å². The van der Waals surface area contributed by atoms with Gasteiger partial charge in [-0.25, -0.2) is 4.79 Å². The number of carbonyl (C=O) groups excluding carboxylic acids is 2. The summed E-state index contributed by atoms with van der Waals surface area (Å²) in [5.74, 6) is 2.96. The van der Waals surface area contributed by atoms with Crippen LogP contribution in [0.1, 0.15) is 27.0 Å². The number of carbonyl (C=O) groups is 2. The number of ether oxygens (including phenoxy) is 1. The molecule has 5 N–H and O–H groups in total. The highest BCUT2D eigenvalue weighted by Gasteiger charge is 2.33. The van der Waals surface area contributed by atoms with E-state index in [2.05, 4.69) is 25.7 Å². The van der Waals surface area contributed by atoms with Gasteiger partial charge in [-0.2, -0.15) is 13.2 Å². The van der Waals surface area contributed by atoms with Crippen molar-refractivity contribution in [1.29, 1.82) is 5.41 Å². The van der Waals surface area contributed by atoms with Crippen molar-refractivity contribution in [2.24, 2.45) is 16.2 Å². The molecule has 16 heteroatoms. The highest BCUT2D eigenvalue weighted by Crippen LogP contribution is 2.34. The SMILES string of the molecule is Cc1ccc(NC(=O)N(Cc2ccc(C(=O)NC(=N)N=NN)cc2)c2ccc(OC(F)(F)F)cc2)cc1C(F)(F)F. The molecule has 0 fully saturated rings.